The van der Waals surface area contributed by atoms with Gasteiger partial charge >= 0.3 is 0 Å². The van der Waals surface area contributed by atoms with E-state index in [4.69, 9.17) is 4.99 Å². The van der Waals surface area contributed by atoms with Crippen LogP contribution in [0.25, 0.3) is 0 Å². The van der Waals surface area contributed by atoms with Gasteiger partial charge < -0.3 is 20.0 Å². The Kier molecular flexibility index (Phi) is 9.62. The van der Waals surface area contributed by atoms with Crippen molar-refractivity contribution in [2.75, 3.05) is 58.9 Å². The molecule has 3 fully saturated rings. The van der Waals surface area contributed by atoms with Crippen molar-refractivity contribution in [1.29, 1.82) is 0 Å². The molecule has 1 unspecified atom stereocenters. The molecular formula is C20H38IN5O. The number of nitrogens with zero attached hydrogens (tertiary/aromatic N) is 4. The normalized spacial score (nSPS) is 25.0. The van der Waals surface area contributed by atoms with E-state index in [0.717, 1.165) is 64.0 Å². The Morgan fingerprint density at radius 1 is 1.00 bits per heavy atom. The maximum Gasteiger partial charge on any atom is 0.219 e. The first kappa shape index (κ1) is 22.7. The minimum absolute atomic E-state index is 0. The number of carbonyl (C=O) groups is 1. The van der Waals surface area contributed by atoms with Crippen LogP contribution in [0.4, 0.5) is 0 Å². The first-order chi connectivity index (χ1) is 12.7. The lowest BCUT2D eigenvalue weighted by molar-refractivity contribution is -0.130. The van der Waals surface area contributed by atoms with Gasteiger partial charge in [0.25, 0.3) is 0 Å². The lowest BCUT2D eigenvalue weighted by atomic mass is 9.97. The number of likely N-dealkylation sites (tertiary alicyclic amines) is 3. The van der Waals surface area contributed by atoms with Gasteiger partial charge in [0.05, 0.1) is 0 Å². The van der Waals surface area contributed by atoms with Crippen molar-refractivity contribution in [1.82, 2.24) is 20.0 Å². The Morgan fingerprint density at radius 3 is 2.26 bits per heavy atom. The minimum Gasteiger partial charge on any atom is -0.357 e. The number of hydrogen-bond donors (Lipinski definition) is 1. The number of nitrogens with one attached hydrogen (secondary N) is 1. The van der Waals surface area contributed by atoms with Crippen molar-refractivity contribution in [3.63, 3.8) is 0 Å². The number of piperidine rings is 1. The molecule has 0 aromatic carbocycles. The van der Waals surface area contributed by atoms with Crippen molar-refractivity contribution in [3.05, 3.63) is 0 Å². The van der Waals surface area contributed by atoms with E-state index < -0.39 is 0 Å². The van der Waals surface area contributed by atoms with Gasteiger partial charge in [0.2, 0.25) is 5.91 Å². The van der Waals surface area contributed by atoms with Crippen LogP contribution in [0.1, 0.15) is 46.0 Å². The molecule has 3 saturated heterocycles. The Hall–Kier alpha value is -0.570. The van der Waals surface area contributed by atoms with Crippen LogP contribution in [-0.2, 0) is 4.79 Å². The number of aliphatic imine (C=N–C) groups is 1. The highest BCUT2D eigenvalue weighted by Gasteiger charge is 2.28. The van der Waals surface area contributed by atoms with Gasteiger partial charge in [0, 0.05) is 52.7 Å². The van der Waals surface area contributed by atoms with Gasteiger partial charge in [-0.2, -0.15) is 0 Å². The van der Waals surface area contributed by atoms with Gasteiger partial charge in [-0.15, -0.1) is 24.0 Å². The Balaban J connectivity index is 0.00000261. The monoisotopic (exact) mass is 491 g/mol. The Bertz CT molecular complexity index is 487. The predicted octanol–water partition coefficient (Wildman–Crippen LogP) is 2.25. The zero-order chi connectivity index (χ0) is 18.4. The van der Waals surface area contributed by atoms with Gasteiger partial charge in [0.1, 0.15) is 0 Å². The van der Waals surface area contributed by atoms with E-state index in [9.17, 15) is 4.79 Å². The molecule has 3 aliphatic rings. The number of halogens is 1. The van der Waals surface area contributed by atoms with E-state index in [1.165, 1.54) is 38.9 Å². The molecule has 0 radical (unpaired) electrons. The SMILES string of the molecule is CCNC(=NCC1CCN(C(C)=O)CC1)N1CCC(CN2CCCC2)C1.I. The fourth-order valence-corrected chi connectivity index (χ4v) is 4.58. The molecule has 1 N–H and O–H groups in total. The molecule has 0 bridgehead atoms. The van der Waals surface area contributed by atoms with E-state index in [2.05, 4.69) is 22.0 Å². The summed E-state index contributed by atoms with van der Waals surface area (Å²) >= 11 is 0. The summed E-state index contributed by atoms with van der Waals surface area (Å²) in [7, 11) is 0. The average molecular weight is 491 g/mol. The molecule has 27 heavy (non-hydrogen) atoms. The molecule has 3 rings (SSSR count). The third kappa shape index (κ3) is 6.76. The summed E-state index contributed by atoms with van der Waals surface area (Å²) in [5.74, 6) is 2.71. The molecule has 0 aromatic heterocycles. The maximum atomic E-state index is 11.5. The smallest absolute Gasteiger partial charge is 0.219 e. The third-order valence-corrected chi connectivity index (χ3v) is 6.19. The first-order valence-corrected chi connectivity index (χ1v) is 10.7. The third-order valence-electron chi connectivity index (χ3n) is 6.19. The van der Waals surface area contributed by atoms with Crippen LogP contribution >= 0.6 is 24.0 Å². The summed E-state index contributed by atoms with van der Waals surface area (Å²) < 4.78 is 0. The van der Waals surface area contributed by atoms with Crippen LogP contribution in [0.15, 0.2) is 4.99 Å². The van der Waals surface area contributed by atoms with Crippen molar-refractivity contribution < 1.29 is 4.79 Å². The Labute approximate surface area is 182 Å². The van der Waals surface area contributed by atoms with Crippen molar-refractivity contribution in [3.8, 4) is 0 Å². The molecule has 0 aliphatic carbocycles. The fraction of sp³-hybridized carbons (Fsp3) is 0.900. The predicted molar refractivity (Wildman–Crippen MR) is 122 cm³/mol. The van der Waals surface area contributed by atoms with E-state index >= 15 is 0 Å². The van der Waals surface area contributed by atoms with Crippen molar-refractivity contribution >= 4 is 35.8 Å². The molecule has 1 amide bonds. The molecule has 3 aliphatic heterocycles. The first-order valence-electron chi connectivity index (χ1n) is 10.7. The van der Waals surface area contributed by atoms with E-state index in [1.54, 1.807) is 6.92 Å². The van der Waals surface area contributed by atoms with Crippen LogP contribution in [0.5, 0.6) is 0 Å². The summed E-state index contributed by atoms with van der Waals surface area (Å²) in [4.78, 5) is 23.5. The van der Waals surface area contributed by atoms with E-state index in [0.29, 0.717) is 5.92 Å². The van der Waals surface area contributed by atoms with E-state index in [-0.39, 0.29) is 29.9 Å². The number of amides is 1. The second-order valence-electron chi connectivity index (χ2n) is 8.25. The van der Waals surface area contributed by atoms with Gasteiger partial charge in [-0.25, -0.2) is 0 Å². The molecule has 156 valence electrons. The Morgan fingerprint density at radius 2 is 1.63 bits per heavy atom. The second-order valence-corrected chi connectivity index (χ2v) is 8.25. The van der Waals surface area contributed by atoms with Gasteiger partial charge in [0.15, 0.2) is 5.96 Å². The van der Waals surface area contributed by atoms with Gasteiger partial charge in [-0.3, -0.25) is 9.79 Å². The molecule has 1 atom stereocenters. The average Bonchev–Trinajstić information content (AvgIpc) is 3.31. The molecular weight excluding hydrogens is 453 g/mol. The highest BCUT2D eigenvalue weighted by atomic mass is 127. The zero-order valence-electron chi connectivity index (χ0n) is 17.2. The summed E-state index contributed by atoms with van der Waals surface area (Å²) in [5.41, 5.74) is 0. The van der Waals surface area contributed by atoms with Gasteiger partial charge in [-0.05, 0) is 64.0 Å². The minimum atomic E-state index is 0. The molecule has 0 saturated carbocycles. The van der Waals surface area contributed by atoms with Crippen LogP contribution < -0.4 is 5.32 Å². The lowest BCUT2D eigenvalue weighted by Crippen LogP contribution is -2.41. The molecule has 0 spiro atoms. The number of hydrogen-bond acceptors (Lipinski definition) is 3. The van der Waals surface area contributed by atoms with Crippen molar-refractivity contribution in [2.45, 2.75) is 46.0 Å². The highest BCUT2D eigenvalue weighted by Crippen LogP contribution is 2.21. The molecule has 3 heterocycles. The van der Waals surface area contributed by atoms with E-state index in [1.807, 2.05) is 4.90 Å². The van der Waals surface area contributed by atoms with Crippen LogP contribution in [0.2, 0.25) is 0 Å². The topological polar surface area (TPSA) is 51.2 Å². The quantitative estimate of drug-likeness (QED) is 0.364. The zero-order valence-corrected chi connectivity index (χ0v) is 19.5. The molecule has 6 nitrogen and oxygen atoms in total. The number of rotatable bonds is 5. The van der Waals surface area contributed by atoms with Crippen LogP contribution in [0, 0.1) is 11.8 Å². The highest BCUT2D eigenvalue weighted by molar-refractivity contribution is 14.0. The van der Waals surface area contributed by atoms with Crippen LogP contribution in [0.3, 0.4) is 0 Å². The lowest BCUT2D eigenvalue weighted by Gasteiger charge is -2.31. The fourth-order valence-electron chi connectivity index (χ4n) is 4.58. The maximum absolute atomic E-state index is 11.5. The summed E-state index contributed by atoms with van der Waals surface area (Å²) in [5, 5.41) is 3.50. The summed E-state index contributed by atoms with van der Waals surface area (Å²) in [6.45, 7) is 13.6. The van der Waals surface area contributed by atoms with Crippen LogP contribution in [-0.4, -0.2) is 85.5 Å². The number of guanidine groups is 1. The number of carbonyl (C=O) groups excluding carboxylic acids is 1. The largest absolute Gasteiger partial charge is 0.357 e. The summed E-state index contributed by atoms with van der Waals surface area (Å²) in [6, 6.07) is 0. The summed E-state index contributed by atoms with van der Waals surface area (Å²) in [6.07, 6.45) is 6.21. The van der Waals surface area contributed by atoms with Gasteiger partial charge in [-0.1, -0.05) is 0 Å². The van der Waals surface area contributed by atoms with Crippen molar-refractivity contribution in [2.24, 2.45) is 16.8 Å². The molecule has 0 aromatic rings. The second kappa shape index (κ2) is 11.4. The standard InChI is InChI=1S/C20H37N5O.HI/c1-3-21-20(22-14-18-6-11-24(12-7-18)17(2)26)25-13-8-19(16-25)15-23-9-4-5-10-23;/h18-19H,3-16H2,1-2H3,(H,21,22);1H. The molecule has 7 heteroatoms.